The number of carbonyl (C=O) groups excluding carboxylic acids is 1. The van der Waals surface area contributed by atoms with E-state index in [1.54, 1.807) is 0 Å². The molecule has 4 nitrogen and oxygen atoms in total. The van der Waals surface area contributed by atoms with Crippen molar-refractivity contribution in [3.8, 4) is 0 Å². The Morgan fingerprint density at radius 2 is 1.77 bits per heavy atom. The number of likely N-dealkylation sites (tertiary alicyclic amines) is 1. The summed E-state index contributed by atoms with van der Waals surface area (Å²) in [4.78, 5) is 14.5. The second-order valence-electron chi connectivity index (χ2n) is 7.57. The summed E-state index contributed by atoms with van der Waals surface area (Å²) in [7, 11) is 1.47. The van der Waals surface area contributed by atoms with Crippen LogP contribution < -0.4 is 5.32 Å². The highest BCUT2D eigenvalue weighted by atomic mass is 16.5. The number of nitrogens with zero attached hydrogens (tertiary/aromatic N) is 1. The predicted octanol–water partition coefficient (Wildman–Crippen LogP) is 3.15. The molecule has 4 heteroatoms. The van der Waals surface area contributed by atoms with Gasteiger partial charge in [0.1, 0.15) is 0 Å². The number of benzene rings is 2. The quantitative estimate of drug-likeness (QED) is 0.841. The molecule has 26 heavy (non-hydrogen) atoms. The first-order valence-electron chi connectivity index (χ1n) is 9.38. The SMILES string of the molecule is COC(=O)CC12CCC(CN(C(c3ccccc3)c3ccccc3)C1)N2. The molecule has 0 amide bonds. The maximum absolute atomic E-state index is 12.0. The van der Waals surface area contributed by atoms with E-state index < -0.39 is 0 Å². The molecule has 2 aliphatic heterocycles. The first-order valence-corrected chi connectivity index (χ1v) is 9.38. The smallest absolute Gasteiger partial charge is 0.307 e. The van der Waals surface area contributed by atoms with E-state index in [-0.39, 0.29) is 17.6 Å². The fourth-order valence-electron chi connectivity index (χ4n) is 4.65. The van der Waals surface area contributed by atoms with Crippen LogP contribution in [0.25, 0.3) is 0 Å². The molecule has 136 valence electrons. The highest BCUT2D eigenvalue weighted by molar-refractivity contribution is 5.71. The van der Waals surface area contributed by atoms with Crippen molar-refractivity contribution in [3.63, 3.8) is 0 Å². The van der Waals surface area contributed by atoms with Gasteiger partial charge in [0.2, 0.25) is 0 Å². The van der Waals surface area contributed by atoms with Crippen LogP contribution in [-0.2, 0) is 9.53 Å². The van der Waals surface area contributed by atoms with Crippen LogP contribution in [0.4, 0.5) is 0 Å². The minimum absolute atomic E-state index is 0.129. The molecule has 4 rings (SSSR count). The molecule has 2 aromatic rings. The summed E-state index contributed by atoms with van der Waals surface area (Å²) >= 11 is 0. The molecular weight excluding hydrogens is 324 g/mol. The number of hydrogen-bond donors (Lipinski definition) is 1. The Morgan fingerprint density at radius 1 is 1.15 bits per heavy atom. The molecule has 2 bridgehead atoms. The number of nitrogens with one attached hydrogen (secondary N) is 1. The van der Waals surface area contributed by atoms with Gasteiger partial charge in [-0.3, -0.25) is 9.69 Å². The molecule has 0 aromatic heterocycles. The summed E-state index contributed by atoms with van der Waals surface area (Å²) in [6.07, 6.45) is 2.58. The third kappa shape index (κ3) is 3.39. The van der Waals surface area contributed by atoms with Crippen LogP contribution in [0.5, 0.6) is 0 Å². The van der Waals surface area contributed by atoms with Gasteiger partial charge in [0.15, 0.2) is 0 Å². The van der Waals surface area contributed by atoms with Crippen LogP contribution in [0.15, 0.2) is 60.7 Å². The fourth-order valence-corrected chi connectivity index (χ4v) is 4.65. The van der Waals surface area contributed by atoms with Crippen molar-refractivity contribution < 1.29 is 9.53 Å². The predicted molar refractivity (Wildman–Crippen MR) is 102 cm³/mol. The Bertz CT molecular complexity index is 710. The van der Waals surface area contributed by atoms with Gasteiger partial charge >= 0.3 is 5.97 Å². The van der Waals surface area contributed by atoms with E-state index in [0.29, 0.717) is 12.5 Å². The number of hydrogen-bond acceptors (Lipinski definition) is 4. The van der Waals surface area contributed by atoms with Gasteiger partial charge in [0, 0.05) is 24.7 Å². The average Bonchev–Trinajstić information content (AvgIpc) is 2.97. The number of piperazine rings is 1. The zero-order valence-electron chi connectivity index (χ0n) is 15.2. The van der Waals surface area contributed by atoms with Crippen LogP contribution in [-0.4, -0.2) is 42.6 Å². The summed E-state index contributed by atoms with van der Waals surface area (Å²) in [5.74, 6) is -0.129. The van der Waals surface area contributed by atoms with E-state index in [4.69, 9.17) is 4.74 Å². The van der Waals surface area contributed by atoms with Crippen LogP contribution in [0.1, 0.15) is 36.4 Å². The number of carbonyl (C=O) groups is 1. The molecular formula is C22H26N2O2. The van der Waals surface area contributed by atoms with E-state index in [9.17, 15) is 4.79 Å². The van der Waals surface area contributed by atoms with Crippen molar-refractivity contribution in [2.24, 2.45) is 0 Å². The Morgan fingerprint density at radius 3 is 2.35 bits per heavy atom. The van der Waals surface area contributed by atoms with Crippen molar-refractivity contribution in [1.29, 1.82) is 0 Å². The van der Waals surface area contributed by atoms with Gasteiger partial charge in [-0.25, -0.2) is 0 Å². The van der Waals surface area contributed by atoms with Crippen LogP contribution in [0.2, 0.25) is 0 Å². The van der Waals surface area contributed by atoms with Gasteiger partial charge in [-0.1, -0.05) is 60.7 Å². The molecule has 2 heterocycles. The van der Waals surface area contributed by atoms with Gasteiger partial charge in [0.05, 0.1) is 19.6 Å². The van der Waals surface area contributed by atoms with Crippen LogP contribution >= 0.6 is 0 Å². The van der Waals surface area contributed by atoms with E-state index >= 15 is 0 Å². The molecule has 0 spiro atoms. The van der Waals surface area contributed by atoms with E-state index in [1.807, 2.05) is 0 Å². The van der Waals surface area contributed by atoms with E-state index in [0.717, 1.165) is 25.9 Å². The monoisotopic (exact) mass is 350 g/mol. The van der Waals surface area contributed by atoms with Crippen LogP contribution in [0.3, 0.4) is 0 Å². The largest absolute Gasteiger partial charge is 0.469 e. The van der Waals surface area contributed by atoms with Crippen LogP contribution in [0, 0.1) is 0 Å². The first-order chi connectivity index (χ1) is 12.7. The summed E-state index contributed by atoms with van der Waals surface area (Å²) in [6.45, 7) is 1.85. The molecule has 2 saturated heterocycles. The Hall–Kier alpha value is -2.17. The highest BCUT2D eigenvalue weighted by Gasteiger charge is 2.47. The minimum atomic E-state index is -0.169. The number of ether oxygens (including phenoxy) is 1. The second-order valence-corrected chi connectivity index (χ2v) is 7.57. The normalized spacial score (nSPS) is 25.4. The average molecular weight is 350 g/mol. The Kier molecular flexibility index (Phi) is 4.79. The van der Waals surface area contributed by atoms with Crippen molar-refractivity contribution in [2.75, 3.05) is 20.2 Å². The third-order valence-corrected chi connectivity index (χ3v) is 5.75. The van der Waals surface area contributed by atoms with E-state index in [1.165, 1.54) is 18.2 Å². The highest BCUT2D eigenvalue weighted by Crippen LogP contribution is 2.38. The standard InChI is InChI=1S/C22H26N2O2/c1-26-20(25)14-22-13-12-19(23-22)15-24(16-22)21(17-8-4-2-5-9-17)18-10-6-3-7-11-18/h2-11,19,21,23H,12-16H2,1H3. The third-order valence-electron chi connectivity index (χ3n) is 5.75. The summed E-state index contributed by atoms with van der Waals surface area (Å²) in [5, 5.41) is 3.71. The van der Waals surface area contributed by atoms with Gasteiger partial charge in [-0.2, -0.15) is 0 Å². The topological polar surface area (TPSA) is 41.6 Å². The first kappa shape index (κ1) is 17.3. The lowest BCUT2D eigenvalue weighted by Crippen LogP contribution is -2.60. The lowest BCUT2D eigenvalue weighted by molar-refractivity contribution is -0.142. The van der Waals surface area contributed by atoms with Gasteiger partial charge in [0.25, 0.3) is 0 Å². The van der Waals surface area contributed by atoms with Crippen molar-refractivity contribution in [1.82, 2.24) is 10.2 Å². The van der Waals surface area contributed by atoms with Crippen molar-refractivity contribution in [2.45, 2.75) is 36.9 Å². The molecule has 2 unspecified atom stereocenters. The van der Waals surface area contributed by atoms with Gasteiger partial charge in [-0.15, -0.1) is 0 Å². The molecule has 0 radical (unpaired) electrons. The van der Waals surface area contributed by atoms with Crippen molar-refractivity contribution >= 4 is 5.97 Å². The Balaban J connectivity index is 1.67. The van der Waals surface area contributed by atoms with Crippen molar-refractivity contribution in [3.05, 3.63) is 71.8 Å². The number of esters is 1. The Labute approximate surface area is 155 Å². The molecule has 2 aromatic carbocycles. The number of fused-ring (bicyclic) bond motifs is 2. The summed E-state index contributed by atoms with van der Waals surface area (Å²) in [6, 6.07) is 22.0. The number of rotatable bonds is 5. The van der Waals surface area contributed by atoms with Gasteiger partial charge < -0.3 is 10.1 Å². The molecule has 2 aliphatic rings. The fraction of sp³-hybridized carbons (Fsp3) is 0.409. The molecule has 2 fully saturated rings. The summed E-state index contributed by atoms with van der Waals surface area (Å²) in [5.41, 5.74) is 2.43. The number of methoxy groups -OCH3 is 1. The maximum Gasteiger partial charge on any atom is 0.307 e. The zero-order chi connectivity index (χ0) is 18.0. The minimum Gasteiger partial charge on any atom is -0.469 e. The molecule has 2 atom stereocenters. The lowest BCUT2D eigenvalue weighted by atomic mass is 9.89. The maximum atomic E-state index is 12.0. The lowest BCUT2D eigenvalue weighted by Gasteiger charge is -2.44. The second kappa shape index (κ2) is 7.22. The summed E-state index contributed by atoms with van der Waals surface area (Å²) < 4.78 is 4.97. The molecule has 0 aliphatic carbocycles. The molecule has 0 saturated carbocycles. The zero-order valence-corrected chi connectivity index (χ0v) is 15.2. The molecule has 1 N–H and O–H groups in total. The van der Waals surface area contributed by atoms with E-state index in [2.05, 4.69) is 70.9 Å². The van der Waals surface area contributed by atoms with Gasteiger partial charge in [-0.05, 0) is 24.0 Å².